The van der Waals surface area contributed by atoms with Crippen LogP contribution < -0.4 is 5.32 Å². The van der Waals surface area contributed by atoms with Crippen LogP contribution in [-0.4, -0.2) is 6.04 Å². The molecule has 3 rings (SSSR count). The van der Waals surface area contributed by atoms with Crippen LogP contribution in [0.1, 0.15) is 23.3 Å². The molecule has 1 saturated carbocycles. The number of benzene rings is 1. The number of rotatable bonds is 4. The Balaban J connectivity index is 1.84. The molecule has 2 aromatic rings. The van der Waals surface area contributed by atoms with Crippen molar-refractivity contribution in [2.75, 3.05) is 0 Å². The van der Waals surface area contributed by atoms with E-state index < -0.39 is 0 Å². The maximum Gasteiger partial charge on any atom is 0.127 e. The van der Waals surface area contributed by atoms with Gasteiger partial charge in [0.1, 0.15) is 5.82 Å². The van der Waals surface area contributed by atoms with E-state index in [0.29, 0.717) is 12.6 Å². The molecule has 1 aliphatic rings. The molecular weight excluding hydrogens is 245 g/mol. The predicted octanol–water partition coefficient (Wildman–Crippen LogP) is 4.11. The minimum Gasteiger partial charge on any atom is -0.310 e. The molecular formula is C15H16FNS. The van der Waals surface area contributed by atoms with Gasteiger partial charge in [0.2, 0.25) is 0 Å². The summed E-state index contributed by atoms with van der Waals surface area (Å²) in [6.45, 7) is 2.72. The first-order valence-corrected chi connectivity index (χ1v) is 7.17. The molecule has 1 nitrogen and oxygen atoms in total. The Bertz CT molecular complexity index is 557. The van der Waals surface area contributed by atoms with E-state index in [0.717, 1.165) is 11.1 Å². The molecule has 0 amide bonds. The molecule has 0 unspecified atom stereocenters. The molecule has 0 saturated heterocycles. The minimum atomic E-state index is -0.112. The SMILES string of the molecule is Cc1cc(-c2ccc(F)c(CNC3CC3)c2)cs1. The second kappa shape index (κ2) is 4.82. The zero-order valence-electron chi connectivity index (χ0n) is 10.4. The number of hydrogen-bond donors (Lipinski definition) is 1. The second-order valence-corrected chi connectivity index (χ2v) is 6.02. The van der Waals surface area contributed by atoms with E-state index in [1.54, 1.807) is 17.4 Å². The zero-order chi connectivity index (χ0) is 12.5. The molecule has 1 fully saturated rings. The van der Waals surface area contributed by atoms with Crippen LogP contribution in [0.15, 0.2) is 29.6 Å². The quantitative estimate of drug-likeness (QED) is 0.873. The number of halogens is 1. The molecule has 1 aromatic heterocycles. The topological polar surface area (TPSA) is 12.0 Å². The second-order valence-electron chi connectivity index (χ2n) is 4.91. The monoisotopic (exact) mass is 261 g/mol. The van der Waals surface area contributed by atoms with Crippen LogP contribution in [0.25, 0.3) is 11.1 Å². The summed E-state index contributed by atoms with van der Waals surface area (Å²) in [6, 6.07) is 8.16. The smallest absolute Gasteiger partial charge is 0.127 e. The summed E-state index contributed by atoms with van der Waals surface area (Å²) < 4.78 is 13.7. The molecule has 0 radical (unpaired) electrons. The van der Waals surface area contributed by atoms with Crippen LogP contribution in [-0.2, 0) is 6.54 Å². The van der Waals surface area contributed by atoms with E-state index in [9.17, 15) is 4.39 Å². The lowest BCUT2D eigenvalue weighted by Gasteiger charge is -2.07. The number of nitrogens with one attached hydrogen (secondary N) is 1. The van der Waals surface area contributed by atoms with Gasteiger partial charge in [-0.15, -0.1) is 11.3 Å². The fourth-order valence-corrected chi connectivity index (χ4v) is 2.74. The Morgan fingerprint density at radius 2 is 2.11 bits per heavy atom. The Morgan fingerprint density at radius 3 is 2.78 bits per heavy atom. The van der Waals surface area contributed by atoms with Crippen molar-refractivity contribution in [3.05, 3.63) is 45.9 Å². The van der Waals surface area contributed by atoms with Gasteiger partial charge in [-0.25, -0.2) is 4.39 Å². The van der Waals surface area contributed by atoms with Crippen molar-refractivity contribution in [2.45, 2.75) is 32.4 Å². The summed E-state index contributed by atoms with van der Waals surface area (Å²) in [5, 5.41) is 5.49. The number of aryl methyl sites for hydroxylation is 1. The maximum absolute atomic E-state index is 13.7. The normalized spacial score (nSPS) is 15.0. The van der Waals surface area contributed by atoms with Gasteiger partial charge < -0.3 is 5.32 Å². The van der Waals surface area contributed by atoms with Crippen LogP contribution in [0.4, 0.5) is 4.39 Å². The van der Waals surface area contributed by atoms with Crippen LogP contribution in [0, 0.1) is 12.7 Å². The fraction of sp³-hybridized carbons (Fsp3) is 0.333. The van der Waals surface area contributed by atoms with E-state index in [1.807, 2.05) is 12.1 Å². The van der Waals surface area contributed by atoms with Crippen LogP contribution in [0.5, 0.6) is 0 Å². The highest BCUT2D eigenvalue weighted by molar-refractivity contribution is 7.10. The van der Waals surface area contributed by atoms with Gasteiger partial charge in [0, 0.05) is 23.0 Å². The van der Waals surface area contributed by atoms with Crippen molar-refractivity contribution < 1.29 is 4.39 Å². The molecule has 0 aliphatic heterocycles. The van der Waals surface area contributed by atoms with Crippen LogP contribution in [0.2, 0.25) is 0 Å². The molecule has 0 bridgehead atoms. The van der Waals surface area contributed by atoms with Crippen molar-refractivity contribution in [1.82, 2.24) is 5.32 Å². The average molecular weight is 261 g/mol. The summed E-state index contributed by atoms with van der Waals surface area (Å²) in [5.74, 6) is -0.112. The predicted molar refractivity (Wildman–Crippen MR) is 74.3 cm³/mol. The maximum atomic E-state index is 13.7. The van der Waals surface area contributed by atoms with Gasteiger partial charge in [-0.05, 0) is 54.5 Å². The molecule has 0 spiro atoms. The van der Waals surface area contributed by atoms with E-state index >= 15 is 0 Å². The molecule has 1 N–H and O–H groups in total. The fourth-order valence-electron chi connectivity index (χ4n) is 2.03. The first-order chi connectivity index (χ1) is 8.72. The zero-order valence-corrected chi connectivity index (χ0v) is 11.2. The molecule has 1 aromatic carbocycles. The standard InChI is InChI=1S/C15H16FNS/c1-10-6-13(9-18-10)11-2-5-15(16)12(7-11)8-17-14-3-4-14/h2,5-7,9,14,17H,3-4,8H2,1H3. The van der Waals surface area contributed by atoms with E-state index in [4.69, 9.17) is 0 Å². The Morgan fingerprint density at radius 1 is 1.28 bits per heavy atom. The first kappa shape index (κ1) is 11.9. The van der Waals surface area contributed by atoms with Crippen molar-refractivity contribution in [2.24, 2.45) is 0 Å². The molecule has 1 aliphatic carbocycles. The largest absolute Gasteiger partial charge is 0.310 e. The number of hydrogen-bond acceptors (Lipinski definition) is 2. The van der Waals surface area contributed by atoms with Crippen molar-refractivity contribution >= 4 is 11.3 Å². The van der Waals surface area contributed by atoms with Gasteiger partial charge >= 0.3 is 0 Å². The van der Waals surface area contributed by atoms with Gasteiger partial charge in [-0.2, -0.15) is 0 Å². The van der Waals surface area contributed by atoms with Crippen LogP contribution in [0.3, 0.4) is 0 Å². The van der Waals surface area contributed by atoms with E-state index in [1.165, 1.54) is 23.3 Å². The highest BCUT2D eigenvalue weighted by Gasteiger charge is 2.20. The van der Waals surface area contributed by atoms with E-state index in [2.05, 4.69) is 23.7 Å². The molecule has 1 heterocycles. The van der Waals surface area contributed by atoms with Gasteiger partial charge in [0.15, 0.2) is 0 Å². The summed E-state index contributed by atoms with van der Waals surface area (Å²) in [6.07, 6.45) is 2.45. The van der Waals surface area contributed by atoms with Crippen molar-refractivity contribution in [3.63, 3.8) is 0 Å². The Hall–Kier alpha value is -1.19. The summed E-state index contributed by atoms with van der Waals surface area (Å²) in [7, 11) is 0. The lowest BCUT2D eigenvalue weighted by molar-refractivity contribution is 0.587. The van der Waals surface area contributed by atoms with Gasteiger partial charge in [0.05, 0.1) is 0 Å². The Labute approximate surface area is 111 Å². The third kappa shape index (κ3) is 2.62. The lowest BCUT2D eigenvalue weighted by atomic mass is 10.0. The summed E-state index contributed by atoms with van der Waals surface area (Å²) in [5.41, 5.74) is 3.06. The summed E-state index contributed by atoms with van der Waals surface area (Å²) in [4.78, 5) is 1.28. The lowest BCUT2D eigenvalue weighted by Crippen LogP contribution is -2.16. The average Bonchev–Trinajstić information content (AvgIpc) is 3.09. The third-order valence-corrected chi connectivity index (χ3v) is 4.13. The highest BCUT2D eigenvalue weighted by atomic mass is 32.1. The first-order valence-electron chi connectivity index (χ1n) is 6.30. The van der Waals surface area contributed by atoms with Crippen LogP contribution >= 0.6 is 11.3 Å². The van der Waals surface area contributed by atoms with Gasteiger partial charge in [-0.1, -0.05) is 6.07 Å². The Kier molecular flexibility index (Phi) is 3.18. The molecule has 0 atom stereocenters. The molecule has 3 heteroatoms. The third-order valence-electron chi connectivity index (χ3n) is 3.27. The number of thiophene rings is 1. The highest BCUT2D eigenvalue weighted by Crippen LogP contribution is 2.27. The summed E-state index contributed by atoms with van der Waals surface area (Å²) >= 11 is 1.73. The molecule has 18 heavy (non-hydrogen) atoms. The minimum absolute atomic E-state index is 0.112. The van der Waals surface area contributed by atoms with Gasteiger partial charge in [0.25, 0.3) is 0 Å². The molecule has 94 valence electrons. The van der Waals surface area contributed by atoms with E-state index in [-0.39, 0.29) is 5.82 Å². The van der Waals surface area contributed by atoms with Gasteiger partial charge in [-0.3, -0.25) is 0 Å². The van der Waals surface area contributed by atoms with Crippen molar-refractivity contribution in [3.8, 4) is 11.1 Å². The van der Waals surface area contributed by atoms with Crippen molar-refractivity contribution in [1.29, 1.82) is 0 Å².